The van der Waals surface area contributed by atoms with Crippen molar-refractivity contribution >= 4 is 16.0 Å². The summed E-state index contributed by atoms with van der Waals surface area (Å²) in [4.78, 5) is 12.0. The zero-order chi connectivity index (χ0) is 17.6. The zero-order valence-corrected chi connectivity index (χ0v) is 14.0. The summed E-state index contributed by atoms with van der Waals surface area (Å²) in [7, 11) is -3.67. The minimum Gasteiger partial charge on any atom is -0.465 e. The number of nitriles is 1. The fourth-order valence-electron chi connectivity index (χ4n) is 2.53. The molecule has 0 N–H and O–H groups in total. The molecular weight excluding hydrogens is 335 g/mol. The Morgan fingerprint density at radius 2 is 1.92 bits per heavy atom. The largest absolute Gasteiger partial charge is 0.465 e. The summed E-state index contributed by atoms with van der Waals surface area (Å²) >= 11 is 0. The van der Waals surface area contributed by atoms with E-state index in [1.807, 2.05) is 6.07 Å². The number of piperidine rings is 1. The molecule has 0 unspecified atom stereocenters. The summed E-state index contributed by atoms with van der Waals surface area (Å²) in [5.41, 5.74) is 0. The van der Waals surface area contributed by atoms with Gasteiger partial charge in [0.25, 0.3) is 0 Å². The van der Waals surface area contributed by atoms with E-state index in [0.29, 0.717) is 25.7 Å². The van der Waals surface area contributed by atoms with Crippen LogP contribution >= 0.6 is 0 Å². The Hall–Kier alpha value is -1.98. The quantitative estimate of drug-likeness (QED) is 0.576. The first kappa shape index (κ1) is 18.4. The lowest BCUT2D eigenvalue weighted by molar-refractivity contribution is -0.149. The summed E-state index contributed by atoms with van der Waals surface area (Å²) in [5, 5.41) is 8.42. The number of rotatable bonds is 6. The molecule has 1 aliphatic heterocycles. The molecule has 1 fully saturated rings. The van der Waals surface area contributed by atoms with Gasteiger partial charge in [-0.25, -0.2) is 12.8 Å². The van der Waals surface area contributed by atoms with Gasteiger partial charge in [0.1, 0.15) is 5.82 Å². The molecule has 1 aliphatic rings. The Balaban J connectivity index is 1.89. The van der Waals surface area contributed by atoms with E-state index in [0.717, 1.165) is 12.1 Å². The van der Waals surface area contributed by atoms with Crippen LogP contribution in [0, 0.1) is 23.1 Å². The Morgan fingerprint density at radius 1 is 1.29 bits per heavy atom. The molecule has 0 aromatic heterocycles. The summed E-state index contributed by atoms with van der Waals surface area (Å²) in [6, 6.07) is 6.67. The Bertz CT molecular complexity index is 705. The predicted molar refractivity (Wildman–Crippen MR) is 83.7 cm³/mol. The number of carbonyl (C=O) groups is 1. The fraction of sp³-hybridized carbons (Fsp3) is 0.500. The first-order valence-corrected chi connectivity index (χ1v) is 9.18. The van der Waals surface area contributed by atoms with E-state index >= 15 is 0 Å². The Morgan fingerprint density at radius 3 is 2.50 bits per heavy atom. The van der Waals surface area contributed by atoms with E-state index in [9.17, 15) is 17.6 Å². The highest BCUT2D eigenvalue weighted by atomic mass is 32.2. The summed E-state index contributed by atoms with van der Waals surface area (Å²) in [6.45, 7) is 0.649. The van der Waals surface area contributed by atoms with Gasteiger partial charge < -0.3 is 4.74 Å². The van der Waals surface area contributed by atoms with Crippen molar-refractivity contribution < 1.29 is 22.3 Å². The van der Waals surface area contributed by atoms with Gasteiger partial charge >= 0.3 is 5.97 Å². The first-order valence-electron chi connectivity index (χ1n) is 7.74. The van der Waals surface area contributed by atoms with Crippen LogP contribution in [0.15, 0.2) is 29.2 Å². The second-order valence-electron chi connectivity index (χ2n) is 5.56. The van der Waals surface area contributed by atoms with Crippen molar-refractivity contribution in [2.24, 2.45) is 5.92 Å². The van der Waals surface area contributed by atoms with E-state index in [1.54, 1.807) is 0 Å². The molecule has 0 aliphatic carbocycles. The molecule has 0 bridgehead atoms. The maximum Gasteiger partial charge on any atom is 0.309 e. The second kappa shape index (κ2) is 8.22. The minimum atomic E-state index is -3.67. The van der Waals surface area contributed by atoms with Gasteiger partial charge in [-0.15, -0.1) is 0 Å². The maximum absolute atomic E-state index is 12.9. The van der Waals surface area contributed by atoms with Crippen LogP contribution in [0.1, 0.15) is 25.7 Å². The van der Waals surface area contributed by atoms with Crippen LogP contribution < -0.4 is 0 Å². The predicted octanol–water partition coefficient (Wildman–Crippen LogP) is 2.07. The van der Waals surface area contributed by atoms with Gasteiger partial charge in [-0.2, -0.15) is 9.57 Å². The number of nitrogens with zero attached hydrogens (tertiary/aromatic N) is 2. The van der Waals surface area contributed by atoms with Crippen molar-refractivity contribution in [2.75, 3.05) is 19.7 Å². The number of hydrogen-bond acceptors (Lipinski definition) is 5. The van der Waals surface area contributed by atoms with E-state index in [1.165, 1.54) is 16.4 Å². The topological polar surface area (TPSA) is 87.5 Å². The maximum atomic E-state index is 12.9. The average molecular weight is 354 g/mol. The standard InChI is InChI=1S/C16H19FN2O4S/c17-14-3-5-15(6-4-14)24(21,22)19-10-7-13(8-11-19)16(20)23-12-2-1-9-18/h3-6,13H,1-2,7-8,10-12H2. The molecule has 1 heterocycles. The van der Waals surface area contributed by atoms with E-state index in [2.05, 4.69) is 0 Å². The second-order valence-corrected chi connectivity index (χ2v) is 7.50. The normalized spacial score (nSPS) is 16.5. The molecule has 24 heavy (non-hydrogen) atoms. The zero-order valence-electron chi connectivity index (χ0n) is 13.2. The lowest BCUT2D eigenvalue weighted by atomic mass is 9.98. The summed E-state index contributed by atoms with van der Waals surface area (Å²) in [6.07, 6.45) is 1.61. The number of hydrogen-bond donors (Lipinski definition) is 0. The molecule has 2 rings (SSSR count). The van der Waals surface area contributed by atoms with Gasteiger partial charge in [-0.3, -0.25) is 4.79 Å². The van der Waals surface area contributed by atoms with Crippen molar-refractivity contribution in [2.45, 2.75) is 30.6 Å². The number of benzene rings is 1. The molecule has 6 nitrogen and oxygen atoms in total. The molecular formula is C16H19FN2O4S. The molecule has 0 atom stereocenters. The van der Waals surface area contributed by atoms with Crippen molar-refractivity contribution in [3.8, 4) is 6.07 Å². The first-order chi connectivity index (χ1) is 11.4. The van der Waals surface area contributed by atoms with E-state index in [4.69, 9.17) is 10.00 Å². The van der Waals surface area contributed by atoms with Crippen LogP contribution in [0.4, 0.5) is 4.39 Å². The lowest BCUT2D eigenvalue weighted by Gasteiger charge is -2.30. The molecule has 8 heteroatoms. The van der Waals surface area contributed by atoms with Gasteiger partial charge in [0.2, 0.25) is 10.0 Å². The SMILES string of the molecule is N#CCCCOC(=O)C1CCN(S(=O)(=O)c2ccc(F)cc2)CC1. The highest BCUT2D eigenvalue weighted by molar-refractivity contribution is 7.89. The average Bonchev–Trinajstić information content (AvgIpc) is 2.59. The number of ether oxygens (including phenoxy) is 1. The minimum absolute atomic E-state index is 0.0430. The molecule has 0 saturated carbocycles. The smallest absolute Gasteiger partial charge is 0.309 e. The third-order valence-corrected chi connectivity index (χ3v) is 5.83. The summed E-state index contributed by atoms with van der Waals surface area (Å²) in [5.74, 6) is -1.16. The molecule has 1 saturated heterocycles. The van der Waals surface area contributed by atoms with Gasteiger partial charge in [0, 0.05) is 19.5 Å². The van der Waals surface area contributed by atoms with Crippen LogP contribution in [0.3, 0.4) is 0 Å². The van der Waals surface area contributed by atoms with Gasteiger partial charge in [-0.1, -0.05) is 0 Å². The van der Waals surface area contributed by atoms with Crippen molar-refractivity contribution in [3.63, 3.8) is 0 Å². The summed E-state index contributed by atoms with van der Waals surface area (Å²) < 4.78 is 44.3. The number of unbranched alkanes of at least 4 members (excludes halogenated alkanes) is 1. The molecule has 0 radical (unpaired) electrons. The number of esters is 1. The van der Waals surface area contributed by atoms with Crippen LogP contribution in [0.5, 0.6) is 0 Å². The van der Waals surface area contributed by atoms with Gasteiger partial charge in [-0.05, 0) is 43.5 Å². The van der Waals surface area contributed by atoms with E-state index in [-0.39, 0.29) is 36.5 Å². The monoisotopic (exact) mass is 354 g/mol. The number of halogens is 1. The van der Waals surface area contributed by atoms with Crippen molar-refractivity contribution in [1.29, 1.82) is 5.26 Å². The highest BCUT2D eigenvalue weighted by Crippen LogP contribution is 2.24. The van der Waals surface area contributed by atoms with Gasteiger partial charge in [0.05, 0.1) is 23.5 Å². The molecule has 130 valence electrons. The van der Waals surface area contributed by atoms with Crippen LogP contribution in [0.25, 0.3) is 0 Å². The molecule has 0 spiro atoms. The Labute approximate surface area is 140 Å². The lowest BCUT2D eigenvalue weighted by Crippen LogP contribution is -2.40. The van der Waals surface area contributed by atoms with Crippen LogP contribution in [-0.4, -0.2) is 38.4 Å². The number of sulfonamides is 1. The fourth-order valence-corrected chi connectivity index (χ4v) is 4.00. The van der Waals surface area contributed by atoms with Crippen LogP contribution in [-0.2, 0) is 19.6 Å². The van der Waals surface area contributed by atoms with E-state index < -0.39 is 15.8 Å². The third-order valence-electron chi connectivity index (χ3n) is 3.92. The number of carbonyl (C=O) groups excluding carboxylic acids is 1. The Kier molecular flexibility index (Phi) is 6.29. The highest BCUT2D eigenvalue weighted by Gasteiger charge is 2.32. The van der Waals surface area contributed by atoms with Gasteiger partial charge in [0.15, 0.2) is 0 Å². The third kappa shape index (κ3) is 4.52. The van der Waals surface area contributed by atoms with Crippen molar-refractivity contribution in [1.82, 2.24) is 4.31 Å². The molecule has 1 aromatic rings. The van der Waals surface area contributed by atoms with Crippen molar-refractivity contribution in [3.05, 3.63) is 30.1 Å². The molecule has 0 amide bonds. The molecule has 1 aromatic carbocycles. The van der Waals surface area contributed by atoms with Crippen LogP contribution in [0.2, 0.25) is 0 Å².